The number of ether oxygens (including phenoxy) is 2. The number of fused-ring (bicyclic) bond motifs is 1. The van der Waals surface area contributed by atoms with E-state index < -0.39 is 28.6 Å². The molecule has 6 nitrogen and oxygen atoms in total. The summed E-state index contributed by atoms with van der Waals surface area (Å²) in [5, 5.41) is 28.7. The Bertz CT molecular complexity index is 852. The highest BCUT2D eigenvalue weighted by molar-refractivity contribution is 6.13. The standard InChI is InChI=1S/C18H16N4O2/c1-3-12-17(9-19)15-22-14(21)18(17,10-20)13(16(2,23-12)24-15)11-7-5-4-6-8-11/h4-8,12-13,21H,3H2,1-2H3/t12-,13-,16+,17+,18-/m1/s1. The lowest BCUT2D eigenvalue weighted by Gasteiger charge is -2.60. The minimum atomic E-state index is -1.41. The van der Waals surface area contributed by atoms with E-state index in [2.05, 4.69) is 17.1 Å². The van der Waals surface area contributed by atoms with Crippen molar-refractivity contribution in [1.82, 2.24) is 0 Å². The second-order valence-corrected chi connectivity index (χ2v) is 6.58. The van der Waals surface area contributed by atoms with Gasteiger partial charge in [0.05, 0.1) is 24.2 Å². The largest absolute Gasteiger partial charge is 0.447 e. The molecule has 0 saturated carbocycles. The minimum absolute atomic E-state index is 0.110. The Balaban J connectivity index is 2.07. The predicted molar refractivity (Wildman–Crippen MR) is 85.1 cm³/mol. The van der Waals surface area contributed by atoms with Crippen LogP contribution in [0.2, 0.25) is 0 Å². The van der Waals surface area contributed by atoms with Crippen molar-refractivity contribution in [2.45, 2.75) is 38.1 Å². The van der Waals surface area contributed by atoms with E-state index in [1.54, 1.807) is 6.92 Å². The molecule has 4 aliphatic rings. The van der Waals surface area contributed by atoms with Crippen molar-refractivity contribution in [2.24, 2.45) is 15.8 Å². The van der Waals surface area contributed by atoms with Crippen LogP contribution in [0.4, 0.5) is 0 Å². The third kappa shape index (κ3) is 1.31. The maximum absolute atomic E-state index is 10.2. The zero-order chi connectivity index (χ0) is 17.2. The highest BCUT2D eigenvalue weighted by Gasteiger charge is 2.82. The molecule has 5 atom stereocenters. The van der Waals surface area contributed by atoms with Crippen LogP contribution in [0.1, 0.15) is 31.7 Å². The Morgan fingerprint density at radius 2 is 1.88 bits per heavy atom. The summed E-state index contributed by atoms with van der Waals surface area (Å²) in [5.74, 6) is -1.70. The van der Waals surface area contributed by atoms with Gasteiger partial charge < -0.3 is 9.47 Å². The molecule has 0 spiro atoms. The summed E-state index contributed by atoms with van der Waals surface area (Å²) in [7, 11) is 0. The summed E-state index contributed by atoms with van der Waals surface area (Å²) in [6.45, 7) is 3.67. The lowest BCUT2D eigenvalue weighted by Crippen LogP contribution is -2.72. The van der Waals surface area contributed by atoms with E-state index in [4.69, 9.17) is 14.9 Å². The van der Waals surface area contributed by atoms with Gasteiger partial charge in [-0.3, -0.25) is 5.41 Å². The quantitative estimate of drug-likeness (QED) is 0.905. The normalized spacial score (nSPS) is 42.0. The molecule has 3 saturated heterocycles. The van der Waals surface area contributed by atoms with Gasteiger partial charge >= 0.3 is 0 Å². The molecular formula is C18H16N4O2. The predicted octanol–water partition coefficient (Wildman–Crippen LogP) is 2.73. The van der Waals surface area contributed by atoms with Crippen LogP contribution in [0.5, 0.6) is 0 Å². The number of aliphatic imine (C=N–C) groups is 1. The van der Waals surface area contributed by atoms with E-state index in [0.717, 1.165) is 5.56 Å². The molecular weight excluding hydrogens is 304 g/mol. The molecule has 3 fully saturated rings. The van der Waals surface area contributed by atoms with Crippen molar-refractivity contribution in [3.05, 3.63) is 35.9 Å². The molecule has 0 radical (unpaired) electrons. The molecule has 1 aromatic rings. The first kappa shape index (κ1) is 14.9. The summed E-state index contributed by atoms with van der Waals surface area (Å²) in [6.07, 6.45) is -0.00789. The summed E-state index contributed by atoms with van der Waals surface area (Å²) in [6, 6.07) is 13.9. The number of nitrogens with zero attached hydrogens (tertiary/aromatic N) is 3. The second kappa shape index (κ2) is 4.43. The van der Waals surface area contributed by atoms with Gasteiger partial charge in [-0.15, -0.1) is 0 Å². The molecule has 6 heteroatoms. The topological polar surface area (TPSA) is 102 Å². The SMILES string of the molecule is CC[C@H]1O[C@@]2(C)OC3=NC(=N)[C@@](C#N)([C@@H]2c2ccccc2)[C@]31C#N. The van der Waals surface area contributed by atoms with Gasteiger partial charge in [0.2, 0.25) is 11.7 Å². The van der Waals surface area contributed by atoms with Crippen LogP contribution in [0.15, 0.2) is 35.3 Å². The van der Waals surface area contributed by atoms with Crippen LogP contribution in [0.3, 0.4) is 0 Å². The van der Waals surface area contributed by atoms with Crippen LogP contribution in [0, 0.1) is 38.9 Å². The van der Waals surface area contributed by atoms with Gasteiger partial charge in [0, 0.05) is 6.92 Å². The molecule has 5 rings (SSSR count). The third-order valence-electron chi connectivity index (χ3n) is 5.52. The molecule has 1 aromatic carbocycles. The number of hydrogen-bond donors (Lipinski definition) is 1. The van der Waals surface area contributed by atoms with Crippen molar-refractivity contribution in [3.8, 4) is 12.1 Å². The van der Waals surface area contributed by atoms with Crippen LogP contribution in [0.25, 0.3) is 0 Å². The summed E-state index contributed by atoms with van der Waals surface area (Å²) in [4.78, 5) is 4.19. The second-order valence-electron chi connectivity index (χ2n) is 6.58. The highest BCUT2D eigenvalue weighted by Crippen LogP contribution is 2.69. The van der Waals surface area contributed by atoms with Crippen LogP contribution >= 0.6 is 0 Å². The van der Waals surface area contributed by atoms with Crippen molar-refractivity contribution in [1.29, 1.82) is 15.9 Å². The molecule has 0 aromatic heterocycles. The first-order valence-electron chi connectivity index (χ1n) is 7.92. The highest BCUT2D eigenvalue weighted by atomic mass is 16.7. The number of rotatable bonds is 2. The van der Waals surface area contributed by atoms with Gasteiger partial charge in [-0.05, 0) is 12.0 Å². The van der Waals surface area contributed by atoms with Gasteiger partial charge in [0.1, 0.15) is 5.84 Å². The van der Waals surface area contributed by atoms with Gasteiger partial charge in [-0.2, -0.15) is 15.5 Å². The first-order valence-corrected chi connectivity index (χ1v) is 7.92. The fraction of sp³-hybridized carbons (Fsp3) is 0.444. The molecule has 0 aliphatic carbocycles. The van der Waals surface area contributed by atoms with E-state index in [-0.39, 0.29) is 11.7 Å². The van der Waals surface area contributed by atoms with Gasteiger partial charge in [-0.25, -0.2) is 0 Å². The Kier molecular flexibility index (Phi) is 2.75. The molecule has 0 amide bonds. The van der Waals surface area contributed by atoms with Crippen LogP contribution < -0.4 is 0 Å². The molecule has 4 bridgehead atoms. The Labute approximate surface area is 139 Å². The Morgan fingerprint density at radius 1 is 1.21 bits per heavy atom. The van der Waals surface area contributed by atoms with Crippen LogP contribution in [-0.4, -0.2) is 23.6 Å². The van der Waals surface area contributed by atoms with Crippen molar-refractivity contribution in [2.75, 3.05) is 0 Å². The van der Waals surface area contributed by atoms with Crippen molar-refractivity contribution in [3.63, 3.8) is 0 Å². The van der Waals surface area contributed by atoms with Crippen molar-refractivity contribution >= 4 is 11.7 Å². The zero-order valence-corrected chi connectivity index (χ0v) is 13.4. The Hall–Kier alpha value is -2.70. The Morgan fingerprint density at radius 3 is 2.46 bits per heavy atom. The van der Waals surface area contributed by atoms with E-state index in [9.17, 15) is 10.5 Å². The fourth-order valence-electron chi connectivity index (χ4n) is 4.60. The number of nitrogens with one attached hydrogen (secondary N) is 1. The molecule has 120 valence electrons. The molecule has 0 unspecified atom stereocenters. The van der Waals surface area contributed by atoms with E-state index in [0.29, 0.717) is 6.42 Å². The number of benzene rings is 1. The average Bonchev–Trinajstić information content (AvgIpc) is 2.79. The summed E-state index contributed by atoms with van der Waals surface area (Å²) in [5.41, 5.74) is -1.99. The van der Waals surface area contributed by atoms with Gasteiger partial charge in [0.15, 0.2) is 10.8 Å². The average molecular weight is 320 g/mol. The number of nitriles is 2. The smallest absolute Gasteiger partial charge is 0.218 e. The lowest BCUT2D eigenvalue weighted by atomic mass is 9.50. The minimum Gasteiger partial charge on any atom is -0.447 e. The molecule has 4 heterocycles. The van der Waals surface area contributed by atoms with E-state index >= 15 is 0 Å². The summed E-state index contributed by atoms with van der Waals surface area (Å²) >= 11 is 0. The zero-order valence-electron chi connectivity index (χ0n) is 13.4. The number of hydrogen-bond acceptors (Lipinski definition) is 5. The molecule has 24 heavy (non-hydrogen) atoms. The fourth-order valence-corrected chi connectivity index (χ4v) is 4.60. The summed E-state index contributed by atoms with van der Waals surface area (Å²) < 4.78 is 12.1. The van der Waals surface area contributed by atoms with Gasteiger partial charge in [0.25, 0.3) is 0 Å². The third-order valence-corrected chi connectivity index (χ3v) is 5.52. The van der Waals surface area contributed by atoms with E-state index in [1.807, 2.05) is 37.3 Å². The molecule has 1 N–H and O–H groups in total. The van der Waals surface area contributed by atoms with Crippen LogP contribution in [-0.2, 0) is 9.47 Å². The maximum atomic E-state index is 10.2. The maximum Gasteiger partial charge on any atom is 0.218 e. The number of amidine groups is 1. The van der Waals surface area contributed by atoms with Gasteiger partial charge in [-0.1, -0.05) is 37.3 Å². The first-order chi connectivity index (χ1) is 11.5. The van der Waals surface area contributed by atoms with E-state index in [1.165, 1.54) is 0 Å². The molecule has 4 aliphatic heterocycles. The lowest BCUT2D eigenvalue weighted by molar-refractivity contribution is -0.314. The monoisotopic (exact) mass is 320 g/mol. The van der Waals surface area contributed by atoms with Crippen molar-refractivity contribution < 1.29 is 9.47 Å².